The van der Waals surface area contributed by atoms with E-state index in [1.54, 1.807) is 45.9 Å². The van der Waals surface area contributed by atoms with E-state index in [0.717, 1.165) is 0 Å². The summed E-state index contributed by atoms with van der Waals surface area (Å²) in [7, 11) is 0. The molecule has 1 aromatic rings. The lowest BCUT2D eigenvalue weighted by atomic mass is 10.1. The van der Waals surface area contributed by atoms with Crippen molar-refractivity contribution in [2.75, 3.05) is 5.32 Å². The van der Waals surface area contributed by atoms with Gasteiger partial charge in [0.05, 0.1) is 0 Å². The molecule has 1 atom stereocenters. The second kappa shape index (κ2) is 6.23. The van der Waals surface area contributed by atoms with E-state index in [1.807, 2.05) is 0 Å². The van der Waals surface area contributed by atoms with E-state index in [9.17, 15) is 4.79 Å². The van der Waals surface area contributed by atoms with Gasteiger partial charge in [-0.15, -0.1) is 0 Å². The van der Waals surface area contributed by atoms with Crippen molar-refractivity contribution in [3.05, 3.63) is 28.8 Å². The Kier molecular flexibility index (Phi) is 5.17. The molecule has 3 N–H and O–H groups in total. The van der Waals surface area contributed by atoms with Gasteiger partial charge in [-0.05, 0) is 45.9 Å². The van der Waals surface area contributed by atoms with Crippen molar-refractivity contribution in [3.8, 4) is 0 Å². The molecule has 0 aliphatic carbocycles. The van der Waals surface area contributed by atoms with E-state index >= 15 is 0 Å². The first-order valence-electron chi connectivity index (χ1n) is 5.88. The third-order valence-corrected chi connectivity index (χ3v) is 2.53. The Morgan fingerprint density at radius 1 is 1.42 bits per heavy atom. The second-order valence-corrected chi connectivity index (χ2v) is 5.57. The molecule has 0 heterocycles. The van der Waals surface area contributed by atoms with Crippen molar-refractivity contribution >= 4 is 23.4 Å². The lowest BCUT2D eigenvalue weighted by molar-refractivity contribution is 0.0624. The Bertz CT molecular complexity index is 458. The normalized spacial score (nSPS) is 12.9. The smallest absolute Gasteiger partial charge is 0.412 e. The van der Waals surface area contributed by atoms with Gasteiger partial charge in [0.15, 0.2) is 0 Å². The highest BCUT2D eigenvalue weighted by atomic mass is 35.5. The van der Waals surface area contributed by atoms with Crippen LogP contribution in [0.15, 0.2) is 18.2 Å². The van der Waals surface area contributed by atoms with Crippen molar-refractivity contribution in [3.63, 3.8) is 0 Å². The Morgan fingerprint density at radius 3 is 2.58 bits per heavy atom. The maximum absolute atomic E-state index is 11.7. The molecule has 19 heavy (non-hydrogen) atoms. The molecule has 0 spiro atoms. The minimum atomic E-state index is -0.563. The number of nitrogens with two attached hydrogens (primary N) is 1. The van der Waals surface area contributed by atoms with E-state index < -0.39 is 17.8 Å². The number of carbonyl (C=O) groups is 1. The number of rotatable bonds is 3. The van der Waals surface area contributed by atoms with Crippen LogP contribution in [0.2, 0.25) is 5.02 Å². The predicted molar refractivity (Wildman–Crippen MR) is 75.0 cm³/mol. The van der Waals surface area contributed by atoms with Crippen molar-refractivity contribution in [1.82, 2.24) is 0 Å². The monoisotopic (exact) mass is 286 g/mol. The van der Waals surface area contributed by atoms with Gasteiger partial charge in [0.2, 0.25) is 0 Å². The number of hydrogen-bond donors (Lipinski definition) is 2. The summed E-state index contributed by atoms with van der Waals surface area (Å²) in [6, 6.07) is 5.03. The van der Waals surface area contributed by atoms with Crippen molar-refractivity contribution in [2.45, 2.75) is 39.4 Å². The summed E-state index contributed by atoms with van der Waals surface area (Å²) in [4.78, 5) is 16.5. The number of nitrogens with one attached hydrogen (secondary N) is 1. The summed E-state index contributed by atoms with van der Waals surface area (Å²) in [5.74, 6) is 5.17. The van der Waals surface area contributed by atoms with Gasteiger partial charge in [-0.25, -0.2) is 10.7 Å². The summed E-state index contributed by atoms with van der Waals surface area (Å²) in [6.45, 7) is 7.13. The molecule has 0 fully saturated rings. The molecule has 1 unspecified atom stereocenters. The fraction of sp³-hybridized carbons (Fsp3) is 0.462. The first kappa shape index (κ1) is 15.8. The van der Waals surface area contributed by atoms with E-state index in [-0.39, 0.29) is 0 Å². The van der Waals surface area contributed by atoms with Gasteiger partial charge >= 0.3 is 6.09 Å². The summed E-state index contributed by atoms with van der Waals surface area (Å²) >= 11 is 5.92. The molecule has 0 saturated heterocycles. The molecule has 0 aliphatic rings. The number of benzene rings is 1. The van der Waals surface area contributed by atoms with Crippen LogP contribution in [0, 0.1) is 0 Å². The third kappa shape index (κ3) is 5.06. The third-order valence-electron chi connectivity index (χ3n) is 2.29. The molecular formula is C13H19ClN2O3. The molecule has 0 aromatic heterocycles. The Balaban J connectivity index is 2.91. The lowest BCUT2D eigenvalue weighted by Crippen LogP contribution is -2.27. The van der Waals surface area contributed by atoms with E-state index in [1.165, 1.54) is 0 Å². The van der Waals surface area contributed by atoms with Gasteiger partial charge in [0.1, 0.15) is 11.7 Å². The fourth-order valence-electron chi connectivity index (χ4n) is 1.47. The zero-order valence-electron chi connectivity index (χ0n) is 11.5. The van der Waals surface area contributed by atoms with Crippen LogP contribution < -0.4 is 11.2 Å². The van der Waals surface area contributed by atoms with Crippen molar-refractivity contribution < 1.29 is 14.4 Å². The Hall–Kier alpha value is -1.30. The highest BCUT2D eigenvalue weighted by Crippen LogP contribution is 2.28. The number of ether oxygens (including phenoxy) is 1. The van der Waals surface area contributed by atoms with Crippen LogP contribution >= 0.6 is 11.6 Å². The molecule has 0 saturated carbocycles. The lowest BCUT2D eigenvalue weighted by Gasteiger charge is -2.21. The molecule has 1 amide bonds. The molecule has 0 radical (unpaired) electrons. The van der Waals surface area contributed by atoms with Crippen LogP contribution in [-0.4, -0.2) is 11.7 Å². The maximum atomic E-state index is 11.7. The zero-order chi connectivity index (χ0) is 14.6. The number of carbonyl (C=O) groups excluding carboxylic acids is 1. The Labute approximate surface area is 118 Å². The minimum absolute atomic E-state index is 0.399. The first-order valence-corrected chi connectivity index (χ1v) is 6.25. The topological polar surface area (TPSA) is 73.6 Å². The van der Waals surface area contributed by atoms with E-state index in [0.29, 0.717) is 16.3 Å². The quantitative estimate of drug-likeness (QED) is 0.832. The minimum Gasteiger partial charge on any atom is -0.444 e. The molecule has 1 rings (SSSR count). The molecule has 5 nitrogen and oxygen atoms in total. The highest BCUT2D eigenvalue weighted by molar-refractivity contribution is 6.30. The van der Waals surface area contributed by atoms with Crippen LogP contribution in [0.5, 0.6) is 0 Å². The summed E-state index contributed by atoms with van der Waals surface area (Å²) in [5, 5.41) is 3.19. The average molecular weight is 287 g/mol. The number of halogens is 1. The summed E-state index contributed by atoms with van der Waals surface area (Å²) in [6.07, 6.45) is -0.941. The first-order chi connectivity index (χ1) is 8.73. The molecule has 6 heteroatoms. The summed E-state index contributed by atoms with van der Waals surface area (Å²) < 4.78 is 5.19. The molecule has 0 aliphatic heterocycles. The van der Waals surface area contributed by atoms with Gasteiger partial charge in [0.25, 0.3) is 0 Å². The second-order valence-electron chi connectivity index (χ2n) is 5.14. The van der Waals surface area contributed by atoms with Crippen LogP contribution in [0.1, 0.15) is 39.4 Å². The van der Waals surface area contributed by atoms with E-state index in [2.05, 4.69) is 5.32 Å². The maximum Gasteiger partial charge on any atom is 0.412 e. The van der Waals surface area contributed by atoms with Crippen LogP contribution in [0.3, 0.4) is 0 Å². The standard InChI is InChI=1S/C13H19ClN2O3/c1-8(19-15)10-7-9(14)5-6-11(10)16-12(17)18-13(2,3)4/h5-8H,15H2,1-4H3,(H,16,17). The van der Waals surface area contributed by atoms with Gasteiger partial charge in [-0.2, -0.15) is 0 Å². The SMILES string of the molecule is CC(ON)c1cc(Cl)ccc1NC(=O)OC(C)(C)C. The zero-order valence-corrected chi connectivity index (χ0v) is 12.2. The van der Waals surface area contributed by atoms with Crippen LogP contribution in [-0.2, 0) is 9.57 Å². The number of anilines is 1. The van der Waals surface area contributed by atoms with Gasteiger partial charge in [-0.1, -0.05) is 11.6 Å². The van der Waals surface area contributed by atoms with Crippen molar-refractivity contribution in [2.24, 2.45) is 5.90 Å². The van der Waals surface area contributed by atoms with Crippen LogP contribution in [0.25, 0.3) is 0 Å². The Morgan fingerprint density at radius 2 is 2.05 bits per heavy atom. The van der Waals surface area contributed by atoms with Crippen molar-refractivity contribution in [1.29, 1.82) is 0 Å². The van der Waals surface area contributed by atoms with Gasteiger partial charge in [0, 0.05) is 16.3 Å². The highest BCUT2D eigenvalue weighted by Gasteiger charge is 2.18. The van der Waals surface area contributed by atoms with Gasteiger partial charge in [-0.3, -0.25) is 10.2 Å². The molecule has 1 aromatic carbocycles. The predicted octanol–water partition coefficient (Wildman–Crippen LogP) is 3.64. The molecule has 106 valence electrons. The summed E-state index contributed by atoms with van der Waals surface area (Å²) in [5.41, 5.74) is 0.671. The van der Waals surface area contributed by atoms with Gasteiger partial charge < -0.3 is 4.74 Å². The molecule has 0 bridgehead atoms. The van der Waals surface area contributed by atoms with E-state index in [4.69, 9.17) is 27.1 Å². The number of amides is 1. The molecular weight excluding hydrogens is 268 g/mol. The van der Waals surface area contributed by atoms with Crippen LogP contribution in [0.4, 0.5) is 10.5 Å². The fourth-order valence-corrected chi connectivity index (χ4v) is 1.65. The largest absolute Gasteiger partial charge is 0.444 e. The average Bonchev–Trinajstić information content (AvgIpc) is 2.28. The number of hydrogen-bond acceptors (Lipinski definition) is 4.